The monoisotopic (exact) mass is 633 g/mol. The number of aromatic amines is 1. The normalized spacial score (nSPS) is 13.4. The van der Waals surface area contributed by atoms with Gasteiger partial charge < -0.3 is 24.1 Å². The van der Waals surface area contributed by atoms with E-state index in [-0.39, 0.29) is 53.0 Å². The van der Waals surface area contributed by atoms with Crippen molar-refractivity contribution >= 4 is 18.2 Å². The first-order valence-electron chi connectivity index (χ1n) is 13.5. The van der Waals surface area contributed by atoms with Crippen molar-refractivity contribution in [2.24, 2.45) is 5.10 Å². The number of aliphatic carboxylic acids is 1. The Morgan fingerprint density at radius 1 is 1.13 bits per heavy atom. The van der Waals surface area contributed by atoms with E-state index in [9.17, 15) is 31.5 Å². The number of alkyl halides is 3. The number of hydrazone groups is 1. The molecule has 1 aliphatic rings. The van der Waals surface area contributed by atoms with Crippen molar-refractivity contribution in [1.29, 1.82) is 0 Å². The molecule has 1 atom stereocenters. The van der Waals surface area contributed by atoms with E-state index in [1.165, 1.54) is 24.4 Å². The van der Waals surface area contributed by atoms with Gasteiger partial charge in [-0.3, -0.25) is 9.80 Å². The van der Waals surface area contributed by atoms with Crippen molar-refractivity contribution in [3.8, 4) is 28.4 Å². The smallest absolute Gasteiger partial charge is 0.417 e. The molecular formula is C29H24F5N5O6. The van der Waals surface area contributed by atoms with Crippen molar-refractivity contribution in [3.63, 3.8) is 0 Å². The van der Waals surface area contributed by atoms with Gasteiger partial charge in [0, 0.05) is 11.6 Å². The quantitative estimate of drug-likeness (QED) is 0.156. The summed E-state index contributed by atoms with van der Waals surface area (Å²) in [6.45, 7) is 1.28. The minimum absolute atomic E-state index is 0.00600. The number of aromatic nitrogens is 3. The Labute approximate surface area is 251 Å². The number of carbonyl (C=O) groups excluding carboxylic acids is 1. The van der Waals surface area contributed by atoms with Gasteiger partial charge in [-0.25, -0.2) is 18.6 Å². The number of hydrogen-bond donors (Lipinski definition) is 2. The van der Waals surface area contributed by atoms with Crippen LogP contribution in [-0.4, -0.2) is 56.6 Å². The molecule has 0 amide bonds. The van der Waals surface area contributed by atoms with Crippen LogP contribution in [0.2, 0.25) is 0 Å². The fourth-order valence-corrected chi connectivity index (χ4v) is 4.49. The van der Waals surface area contributed by atoms with E-state index in [0.717, 1.165) is 29.3 Å². The molecular weight excluding hydrogens is 609 g/mol. The van der Waals surface area contributed by atoms with E-state index in [1.54, 1.807) is 0 Å². The Balaban J connectivity index is 1.48. The number of nitrogens with one attached hydrogen (secondary N) is 1. The summed E-state index contributed by atoms with van der Waals surface area (Å²) in [6.07, 6.45) is -3.47. The number of imidazole rings is 1. The molecule has 1 aliphatic heterocycles. The molecule has 0 saturated heterocycles. The van der Waals surface area contributed by atoms with Crippen molar-refractivity contribution in [2.75, 3.05) is 13.2 Å². The number of H-pyrrole nitrogens is 1. The number of carbonyl (C=O) groups is 2. The molecule has 0 bridgehead atoms. The number of esters is 1. The van der Waals surface area contributed by atoms with Gasteiger partial charge in [0.15, 0.2) is 17.4 Å². The van der Waals surface area contributed by atoms with Gasteiger partial charge in [-0.15, -0.1) is 0 Å². The second-order valence-electron chi connectivity index (χ2n) is 9.77. The number of nitrogens with zero attached hydrogens (tertiary/aromatic N) is 4. The van der Waals surface area contributed by atoms with E-state index in [0.29, 0.717) is 12.1 Å². The molecule has 4 aromatic rings. The summed E-state index contributed by atoms with van der Waals surface area (Å²) in [5.74, 6) is -4.76. The molecule has 0 aliphatic carbocycles. The molecule has 236 valence electrons. The highest BCUT2D eigenvalue weighted by Crippen LogP contribution is 2.40. The summed E-state index contributed by atoms with van der Waals surface area (Å²) < 4.78 is 86.1. The maximum Gasteiger partial charge on any atom is 0.417 e. The molecule has 0 saturated carbocycles. The third-order valence-corrected chi connectivity index (χ3v) is 6.59. The number of benzene rings is 2. The van der Waals surface area contributed by atoms with E-state index in [2.05, 4.69) is 20.2 Å². The number of hydrogen-bond acceptors (Lipinski definition) is 9. The summed E-state index contributed by atoms with van der Waals surface area (Å²) in [5, 5.41) is 18.1. The highest BCUT2D eigenvalue weighted by Gasteiger charge is 2.38. The van der Waals surface area contributed by atoms with Crippen LogP contribution in [0.15, 0.2) is 52.1 Å². The van der Waals surface area contributed by atoms with Crippen LogP contribution in [0.1, 0.15) is 48.5 Å². The zero-order valence-electron chi connectivity index (χ0n) is 23.4. The second-order valence-corrected chi connectivity index (χ2v) is 9.77. The predicted octanol–water partition coefficient (Wildman–Crippen LogP) is 5.73. The number of fused-ring (bicyclic) bond motifs is 1. The SMILES string of the molecule is CCCOc1ccc(-c2cc(C(C(=O)OCCC(=O)O)N3Cc4nc(-c5cccc(F)c5F)[nH]c4C=N3)on2)c(C(F)(F)F)c1. The summed E-state index contributed by atoms with van der Waals surface area (Å²) in [5.41, 5.74) is -1.23. The Bertz CT molecular complexity index is 1750. The average Bonchev–Trinajstić information content (AvgIpc) is 3.64. The van der Waals surface area contributed by atoms with Crippen LogP contribution in [0.5, 0.6) is 5.75 Å². The van der Waals surface area contributed by atoms with Gasteiger partial charge in [0.1, 0.15) is 23.9 Å². The molecule has 2 N–H and O–H groups in total. The fourth-order valence-electron chi connectivity index (χ4n) is 4.49. The molecule has 0 fully saturated rings. The van der Waals surface area contributed by atoms with Crippen LogP contribution in [-0.2, 0) is 27.0 Å². The van der Waals surface area contributed by atoms with Gasteiger partial charge in [0.2, 0.25) is 6.04 Å². The first-order valence-corrected chi connectivity index (χ1v) is 13.5. The number of rotatable bonds is 11. The van der Waals surface area contributed by atoms with E-state index in [4.69, 9.17) is 19.1 Å². The first kappa shape index (κ1) is 31.2. The van der Waals surface area contributed by atoms with Crippen LogP contribution < -0.4 is 4.74 Å². The average molecular weight is 634 g/mol. The van der Waals surface area contributed by atoms with Gasteiger partial charge >= 0.3 is 18.1 Å². The number of ether oxygens (including phenoxy) is 2. The Morgan fingerprint density at radius 2 is 1.93 bits per heavy atom. The van der Waals surface area contributed by atoms with Gasteiger partial charge in [0.25, 0.3) is 0 Å². The third-order valence-electron chi connectivity index (χ3n) is 6.59. The minimum atomic E-state index is -4.79. The second kappa shape index (κ2) is 12.8. The Morgan fingerprint density at radius 3 is 2.67 bits per heavy atom. The summed E-state index contributed by atoms with van der Waals surface area (Å²) in [4.78, 5) is 31.3. The van der Waals surface area contributed by atoms with Crippen molar-refractivity contribution in [3.05, 3.63) is 76.8 Å². The Kier molecular flexibility index (Phi) is 8.83. The zero-order chi connectivity index (χ0) is 32.3. The van der Waals surface area contributed by atoms with E-state index in [1.807, 2.05) is 6.92 Å². The predicted molar refractivity (Wildman–Crippen MR) is 146 cm³/mol. The standard InChI is InChI=1S/C29H24F5N5O6/c1-2-9-43-15-6-7-16(18(11-15)29(32,33)34)20-12-23(45-38-20)26(28(42)44-10-8-24(40)41)39-14-22-21(13-35-39)36-27(37-22)17-4-3-5-19(30)25(17)31/h3-7,11-13,26H,2,8-10,14H2,1H3,(H,36,37)(H,40,41). The molecule has 1 unspecified atom stereocenters. The van der Waals surface area contributed by atoms with Crippen LogP contribution >= 0.6 is 0 Å². The minimum Gasteiger partial charge on any atom is -0.494 e. The first-order chi connectivity index (χ1) is 21.5. The van der Waals surface area contributed by atoms with Gasteiger partial charge in [-0.1, -0.05) is 18.1 Å². The molecule has 0 radical (unpaired) electrons. The number of carboxylic acids is 1. The van der Waals surface area contributed by atoms with Crippen molar-refractivity contribution in [1.82, 2.24) is 20.1 Å². The van der Waals surface area contributed by atoms with Gasteiger partial charge in [0.05, 0.1) is 48.3 Å². The lowest BCUT2D eigenvalue weighted by Gasteiger charge is -2.27. The maximum atomic E-state index is 14.4. The lowest BCUT2D eigenvalue weighted by atomic mass is 10.0. The van der Waals surface area contributed by atoms with Crippen LogP contribution in [0.25, 0.3) is 22.6 Å². The van der Waals surface area contributed by atoms with Gasteiger partial charge in [-0.2, -0.15) is 18.3 Å². The van der Waals surface area contributed by atoms with Crippen LogP contribution in [0, 0.1) is 11.6 Å². The topological polar surface area (TPSA) is 143 Å². The number of halogens is 5. The van der Waals surface area contributed by atoms with Crippen LogP contribution in [0.3, 0.4) is 0 Å². The zero-order valence-corrected chi connectivity index (χ0v) is 23.4. The molecule has 16 heteroatoms. The summed E-state index contributed by atoms with van der Waals surface area (Å²) in [7, 11) is 0. The lowest BCUT2D eigenvalue weighted by Crippen LogP contribution is -2.33. The largest absolute Gasteiger partial charge is 0.494 e. The molecule has 2 aromatic heterocycles. The van der Waals surface area contributed by atoms with Crippen molar-refractivity contribution in [2.45, 2.75) is 38.5 Å². The molecule has 0 spiro atoms. The highest BCUT2D eigenvalue weighted by atomic mass is 19.4. The third kappa shape index (κ3) is 6.78. The van der Waals surface area contributed by atoms with Gasteiger partial charge in [-0.05, 0) is 36.8 Å². The number of carboxylic acid groups (broad SMARTS) is 1. The molecule has 45 heavy (non-hydrogen) atoms. The lowest BCUT2D eigenvalue weighted by molar-refractivity contribution is -0.153. The molecule has 5 rings (SSSR count). The fraction of sp³-hybridized carbons (Fsp3) is 0.276. The highest BCUT2D eigenvalue weighted by molar-refractivity contribution is 5.82. The summed E-state index contributed by atoms with van der Waals surface area (Å²) >= 11 is 0. The maximum absolute atomic E-state index is 14.4. The Hall–Kier alpha value is -5.28. The van der Waals surface area contributed by atoms with Crippen molar-refractivity contribution < 1.29 is 50.6 Å². The van der Waals surface area contributed by atoms with E-state index >= 15 is 0 Å². The van der Waals surface area contributed by atoms with Crippen LogP contribution in [0.4, 0.5) is 22.0 Å². The molecule has 2 aromatic carbocycles. The molecule has 3 heterocycles. The van der Waals surface area contributed by atoms with E-state index < -0.39 is 54.4 Å². The summed E-state index contributed by atoms with van der Waals surface area (Å²) in [6, 6.07) is 6.48. The molecule has 11 nitrogen and oxygen atoms in total.